The Bertz CT molecular complexity index is 589. The molecule has 0 rings (SSSR count). The molecule has 0 aromatic heterocycles. The molecule has 0 saturated heterocycles. The number of ether oxygens (including phenoxy) is 3. The van der Waals surface area contributed by atoms with Crippen LogP contribution in [0.2, 0.25) is 0 Å². The van der Waals surface area contributed by atoms with Crippen LogP contribution in [0.1, 0.15) is 16.7 Å². The average Bonchev–Trinajstić information content (AvgIpc) is 2.42. The summed E-state index contributed by atoms with van der Waals surface area (Å²) in [6.45, 7) is 8.40. The zero-order valence-electron chi connectivity index (χ0n) is 15.4. The average molecular weight is 392 g/mol. The van der Waals surface area contributed by atoms with Crippen molar-refractivity contribution in [1.82, 2.24) is 0 Å². The first-order valence-electron chi connectivity index (χ1n) is 6.21. The molecule has 0 saturated carbocycles. The molecule has 0 aromatic rings. The fourth-order valence-corrected chi connectivity index (χ4v) is 1.30. The maximum Gasteiger partial charge on any atom is 2.00 e. The molecule has 0 fully saturated rings. The Labute approximate surface area is 172 Å². The standard InChI is InChI=1S/C13H18O9S.Ca.2H/c1-8(2)11(14)20-5-10(6-21-12(15)9(3)4)13(16)22-7-23(17,18)19;;;/h10H,1,3,5-7H2,2,4H3,(H,17,18,19);;;/q;+2;2*-1. The van der Waals surface area contributed by atoms with Crippen LogP contribution in [0.5, 0.6) is 0 Å². The quantitative estimate of drug-likeness (QED) is 0.190. The van der Waals surface area contributed by atoms with Crippen molar-refractivity contribution in [3.63, 3.8) is 0 Å². The fourth-order valence-electron chi connectivity index (χ4n) is 1.03. The number of hydrogen-bond donors (Lipinski definition) is 1. The Kier molecular flexibility index (Phi) is 12.2. The van der Waals surface area contributed by atoms with Gasteiger partial charge in [-0.2, -0.15) is 8.42 Å². The van der Waals surface area contributed by atoms with Crippen LogP contribution in [0.25, 0.3) is 0 Å². The van der Waals surface area contributed by atoms with E-state index >= 15 is 0 Å². The Morgan fingerprint density at radius 3 is 1.67 bits per heavy atom. The first-order chi connectivity index (χ1) is 10.4. The van der Waals surface area contributed by atoms with Gasteiger partial charge in [-0.15, -0.1) is 0 Å². The van der Waals surface area contributed by atoms with Crippen molar-refractivity contribution in [1.29, 1.82) is 0 Å². The van der Waals surface area contributed by atoms with Gasteiger partial charge in [0.1, 0.15) is 19.1 Å². The molecule has 0 aliphatic rings. The molecule has 9 nitrogen and oxygen atoms in total. The SMILES string of the molecule is C=C(C)C(=O)OCC(COC(=O)C(=C)C)C(=O)OCS(=O)(=O)O.[Ca+2].[H-].[H-]. The van der Waals surface area contributed by atoms with E-state index in [1.807, 2.05) is 0 Å². The molecule has 0 amide bonds. The molecule has 0 aliphatic heterocycles. The van der Waals surface area contributed by atoms with Crippen molar-refractivity contribution in [2.75, 3.05) is 19.2 Å². The van der Waals surface area contributed by atoms with E-state index in [1.54, 1.807) is 0 Å². The van der Waals surface area contributed by atoms with Crippen LogP contribution in [0.4, 0.5) is 0 Å². The zero-order chi connectivity index (χ0) is 18.2. The van der Waals surface area contributed by atoms with E-state index in [2.05, 4.69) is 17.9 Å². The third-order valence-corrected chi connectivity index (χ3v) is 2.63. The Balaban J connectivity index is -0.000000807. The van der Waals surface area contributed by atoms with Crippen LogP contribution in [0.3, 0.4) is 0 Å². The van der Waals surface area contributed by atoms with Crippen molar-refractivity contribution < 1.29 is 44.4 Å². The second kappa shape index (κ2) is 11.6. The molecule has 134 valence electrons. The summed E-state index contributed by atoms with van der Waals surface area (Å²) in [5, 5.41) is 0. The summed E-state index contributed by atoms with van der Waals surface area (Å²) in [4.78, 5) is 34.3. The first-order valence-corrected chi connectivity index (χ1v) is 7.82. The van der Waals surface area contributed by atoms with E-state index in [-0.39, 0.29) is 51.7 Å². The maximum atomic E-state index is 11.7. The van der Waals surface area contributed by atoms with Gasteiger partial charge < -0.3 is 17.1 Å². The van der Waals surface area contributed by atoms with Gasteiger partial charge in [-0.25, -0.2) is 9.59 Å². The van der Waals surface area contributed by atoms with Gasteiger partial charge in [0.2, 0.25) is 5.94 Å². The second-order valence-corrected chi connectivity index (χ2v) is 6.02. The van der Waals surface area contributed by atoms with Crippen LogP contribution in [0, 0.1) is 5.92 Å². The Morgan fingerprint density at radius 1 is 1.00 bits per heavy atom. The summed E-state index contributed by atoms with van der Waals surface area (Å²) in [7, 11) is -4.53. The van der Waals surface area contributed by atoms with Gasteiger partial charge in [-0.3, -0.25) is 9.35 Å². The fraction of sp³-hybridized carbons (Fsp3) is 0.462. The third-order valence-electron chi connectivity index (χ3n) is 2.21. The zero-order valence-corrected chi connectivity index (χ0v) is 16.5. The molecule has 0 heterocycles. The molecule has 1 N–H and O–H groups in total. The number of carbonyl (C=O) groups excluding carboxylic acids is 3. The third kappa shape index (κ3) is 11.6. The van der Waals surface area contributed by atoms with Crippen LogP contribution in [0.15, 0.2) is 24.3 Å². The first kappa shape index (κ1) is 25.3. The minimum absolute atomic E-state index is 0. The molecule has 0 unspecified atom stereocenters. The van der Waals surface area contributed by atoms with Crippen LogP contribution in [-0.4, -0.2) is 87.8 Å². The minimum Gasteiger partial charge on any atom is -1.00 e. The Morgan fingerprint density at radius 2 is 1.38 bits per heavy atom. The summed E-state index contributed by atoms with van der Waals surface area (Å²) in [5.74, 6) is -5.26. The van der Waals surface area contributed by atoms with Crippen LogP contribution in [-0.2, 0) is 38.7 Å². The van der Waals surface area contributed by atoms with Crippen molar-refractivity contribution in [2.24, 2.45) is 5.92 Å². The predicted molar refractivity (Wildman–Crippen MR) is 85.5 cm³/mol. The monoisotopic (exact) mass is 392 g/mol. The molecule has 0 aliphatic carbocycles. The van der Waals surface area contributed by atoms with Gasteiger partial charge >= 0.3 is 65.8 Å². The summed E-state index contributed by atoms with van der Waals surface area (Å²) < 4.78 is 43.5. The molecule has 0 radical (unpaired) electrons. The van der Waals surface area contributed by atoms with E-state index in [0.29, 0.717) is 0 Å². The van der Waals surface area contributed by atoms with Gasteiger partial charge in [0.25, 0.3) is 0 Å². The van der Waals surface area contributed by atoms with Crippen LogP contribution < -0.4 is 0 Å². The molecule has 0 bridgehead atoms. The van der Waals surface area contributed by atoms with Crippen molar-refractivity contribution >= 4 is 65.8 Å². The maximum absolute atomic E-state index is 11.7. The van der Waals surface area contributed by atoms with Crippen LogP contribution >= 0.6 is 0 Å². The molecule has 0 atom stereocenters. The number of hydrogen-bond acceptors (Lipinski definition) is 8. The number of rotatable bonds is 9. The van der Waals surface area contributed by atoms with Gasteiger partial charge in [-0.1, -0.05) is 13.2 Å². The summed E-state index contributed by atoms with van der Waals surface area (Å²) in [5.41, 5.74) is 0.156. The Hall–Kier alpha value is -0.940. The molecular weight excluding hydrogens is 372 g/mol. The van der Waals surface area contributed by atoms with Crippen molar-refractivity contribution in [2.45, 2.75) is 13.8 Å². The molecule has 24 heavy (non-hydrogen) atoms. The summed E-state index contributed by atoms with van der Waals surface area (Å²) in [6.07, 6.45) is 0. The van der Waals surface area contributed by atoms with Crippen molar-refractivity contribution in [3.05, 3.63) is 24.3 Å². The normalized spacial score (nSPS) is 10.3. The van der Waals surface area contributed by atoms with E-state index in [0.717, 1.165) is 0 Å². The molecule has 0 spiro atoms. The second-order valence-electron chi connectivity index (χ2n) is 4.62. The van der Waals surface area contributed by atoms with E-state index < -0.39 is 53.1 Å². The number of carbonyl (C=O) groups is 3. The van der Waals surface area contributed by atoms with Gasteiger partial charge in [0.05, 0.1) is 0 Å². The molecule has 11 heteroatoms. The van der Waals surface area contributed by atoms with Gasteiger partial charge in [0, 0.05) is 11.1 Å². The smallest absolute Gasteiger partial charge is 1.00 e. The van der Waals surface area contributed by atoms with Crippen molar-refractivity contribution in [3.8, 4) is 0 Å². The summed E-state index contributed by atoms with van der Waals surface area (Å²) >= 11 is 0. The van der Waals surface area contributed by atoms with E-state index in [9.17, 15) is 22.8 Å². The minimum atomic E-state index is -4.53. The molecule has 0 aromatic carbocycles. The van der Waals surface area contributed by atoms with Gasteiger partial charge in [-0.05, 0) is 13.8 Å². The largest absolute Gasteiger partial charge is 2.00 e. The van der Waals surface area contributed by atoms with E-state index in [4.69, 9.17) is 14.0 Å². The summed E-state index contributed by atoms with van der Waals surface area (Å²) in [6, 6.07) is 0. The number of esters is 3. The predicted octanol–water partition coefficient (Wildman–Crippen LogP) is 0.0739. The van der Waals surface area contributed by atoms with E-state index in [1.165, 1.54) is 13.8 Å². The van der Waals surface area contributed by atoms with Gasteiger partial charge in [0.15, 0.2) is 0 Å². The topological polar surface area (TPSA) is 133 Å². The molecular formula is C13H20CaO9S.